The van der Waals surface area contributed by atoms with Gasteiger partial charge in [0.1, 0.15) is 5.69 Å². The summed E-state index contributed by atoms with van der Waals surface area (Å²) in [5.74, 6) is 0. The van der Waals surface area contributed by atoms with Gasteiger partial charge in [0.25, 0.3) is 5.69 Å². The molecule has 0 saturated carbocycles. The second kappa shape index (κ2) is 7.99. The van der Waals surface area contributed by atoms with E-state index in [2.05, 4.69) is 10.5 Å². The molecular weight excluding hydrogens is 380 g/mol. The molecule has 0 aliphatic carbocycles. The summed E-state index contributed by atoms with van der Waals surface area (Å²) in [6, 6.07) is 20.8. The number of rotatable bonds is 6. The second-order valence-electron chi connectivity index (χ2n) is 5.84. The van der Waals surface area contributed by atoms with Crippen LogP contribution in [0.4, 0.5) is 11.4 Å². The monoisotopic (exact) mass is 396 g/mol. The Morgan fingerprint density at radius 2 is 1.61 bits per heavy atom. The van der Waals surface area contributed by atoms with Crippen molar-refractivity contribution in [1.82, 2.24) is 0 Å². The van der Waals surface area contributed by atoms with Crippen LogP contribution in [0.3, 0.4) is 0 Å². The Bertz CT molecular complexity index is 1130. The number of nitrogens with two attached hydrogens (primary N) is 1. The van der Waals surface area contributed by atoms with Gasteiger partial charge in [-0.25, -0.2) is 13.6 Å². The molecule has 0 unspecified atom stereocenters. The third kappa shape index (κ3) is 4.58. The Balaban J connectivity index is 1.76. The van der Waals surface area contributed by atoms with Crippen LogP contribution in [-0.4, -0.2) is 19.6 Å². The Morgan fingerprint density at radius 1 is 0.964 bits per heavy atom. The SMILES string of the molecule is NS(=O)(=O)c1ccc(NN=Cc2ccc(-c3ccccc3)cc2)c([N+](=O)[O-])c1. The van der Waals surface area contributed by atoms with E-state index in [1.807, 2.05) is 54.6 Å². The lowest BCUT2D eigenvalue weighted by atomic mass is 10.0. The number of nitrogens with one attached hydrogen (secondary N) is 1. The maximum Gasteiger partial charge on any atom is 0.295 e. The fourth-order valence-corrected chi connectivity index (χ4v) is 3.04. The maximum absolute atomic E-state index is 11.4. The Labute approximate surface area is 161 Å². The molecule has 8 nitrogen and oxygen atoms in total. The van der Waals surface area contributed by atoms with E-state index < -0.39 is 20.6 Å². The predicted octanol–water partition coefficient (Wildman–Crippen LogP) is 3.36. The number of nitrogens with zero attached hydrogens (tertiary/aromatic N) is 2. The number of anilines is 1. The molecule has 0 aromatic heterocycles. The highest BCUT2D eigenvalue weighted by atomic mass is 32.2. The van der Waals surface area contributed by atoms with Crippen LogP contribution in [0.2, 0.25) is 0 Å². The van der Waals surface area contributed by atoms with Crippen LogP contribution in [0.15, 0.2) is 82.8 Å². The number of hydrogen-bond acceptors (Lipinski definition) is 6. The van der Waals surface area contributed by atoms with Gasteiger partial charge in [-0.1, -0.05) is 54.6 Å². The number of benzene rings is 3. The zero-order valence-corrected chi connectivity index (χ0v) is 15.3. The van der Waals surface area contributed by atoms with Gasteiger partial charge >= 0.3 is 0 Å². The first-order valence-corrected chi connectivity index (χ1v) is 9.65. The van der Waals surface area contributed by atoms with Crippen molar-refractivity contribution in [2.75, 3.05) is 5.43 Å². The Morgan fingerprint density at radius 3 is 2.21 bits per heavy atom. The van der Waals surface area contributed by atoms with Gasteiger partial charge in [-0.15, -0.1) is 0 Å². The topological polar surface area (TPSA) is 128 Å². The van der Waals surface area contributed by atoms with E-state index in [4.69, 9.17) is 5.14 Å². The molecule has 3 aromatic carbocycles. The third-order valence-corrected chi connectivity index (χ3v) is 4.82. The quantitative estimate of drug-likeness (QED) is 0.375. The smallest absolute Gasteiger partial charge is 0.272 e. The third-order valence-electron chi connectivity index (χ3n) is 3.91. The van der Waals surface area contributed by atoms with E-state index in [1.165, 1.54) is 18.3 Å². The van der Waals surface area contributed by atoms with Crippen molar-refractivity contribution in [2.24, 2.45) is 10.2 Å². The van der Waals surface area contributed by atoms with Gasteiger partial charge in [0, 0.05) is 6.07 Å². The minimum atomic E-state index is -4.04. The van der Waals surface area contributed by atoms with Gasteiger partial charge in [-0.2, -0.15) is 5.10 Å². The van der Waals surface area contributed by atoms with Crippen molar-refractivity contribution in [3.63, 3.8) is 0 Å². The van der Waals surface area contributed by atoms with Gasteiger partial charge in [-0.05, 0) is 28.8 Å². The second-order valence-corrected chi connectivity index (χ2v) is 7.40. The van der Waals surface area contributed by atoms with Gasteiger partial charge in [0.2, 0.25) is 10.0 Å². The van der Waals surface area contributed by atoms with Crippen molar-refractivity contribution in [3.8, 4) is 11.1 Å². The molecule has 3 rings (SSSR count). The maximum atomic E-state index is 11.4. The normalized spacial score (nSPS) is 11.5. The predicted molar refractivity (Wildman–Crippen MR) is 108 cm³/mol. The molecule has 0 amide bonds. The first kappa shape index (κ1) is 19.2. The van der Waals surface area contributed by atoms with Crippen molar-refractivity contribution in [1.29, 1.82) is 0 Å². The molecule has 0 atom stereocenters. The number of hydrazone groups is 1. The van der Waals surface area contributed by atoms with Gasteiger partial charge in [-0.3, -0.25) is 15.5 Å². The zero-order chi connectivity index (χ0) is 20.1. The summed E-state index contributed by atoms with van der Waals surface area (Å²) in [4.78, 5) is 10.1. The van der Waals surface area contributed by atoms with Gasteiger partial charge in [0.05, 0.1) is 16.0 Å². The molecule has 142 valence electrons. The Hall–Kier alpha value is -3.56. The lowest BCUT2D eigenvalue weighted by Gasteiger charge is -2.04. The number of primary sulfonamides is 1. The first-order valence-electron chi connectivity index (χ1n) is 8.10. The number of nitro groups is 1. The zero-order valence-electron chi connectivity index (χ0n) is 14.5. The molecule has 0 aliphatic rings. The summed E-state index contributed by atoms with van der Waals surface area (Å²) in [6.45, 7) is 0. The summed E-state index contributed by atoms with van der Waals surface area (Å²) in [6.07, 6.45) is 1.51. The van der Waals surface area contributed by atoms with E-state index in [1.54, 1.807) is 0 Å². The van der Waals surface area contributed by atoms with Crippen LogP contribution in [0, 0.1) is 10.1 Å². The highest BCUT2D eigenvalue weighted by Gasteiger charge is 2.18. The van der Waals surface area contributed by atoms with Gasteiger partial charge in [0.15, 0.2) is 0 Å². The molecule has 0 aliphatic heterocycles. The number of sulfonamides is 1. The highest BCUT2D eigenvalue weighted by Crippen LogP contribution is 2.27. The molecule has 0 spiro atoms. The molecular formula is C19H16N4O4S. The summed E-state index contributed by atoms with van der Waals surface area (Å²) in [5, 5.41) is 20.2. The molecule has 3 N–H and O–H groups in total. The van der Waals surface area contributed by atoms with Crippen molar-refractivity contribution in [2.45, 2.75) is 4.90 Å². The van der Waals surface area contributed by atoms with Crippen LogP contribution in [0.1, 0.15) is 5.56 Å². The summed E-state index contributed by atoms with van der Waals surface area (Å²) >= 11 is 0. The fraction of sp³-hybridized carbons (Fsp3) is 0. The van der Waals surface area contributed by atoms with E-state index in [-0.39, 0.29) is 10.6 Å². The lowest BCUT2D eigenvalue weighted by molar-refractivity contribution is -0.384. The average molecular weight is 396 g/mol. The van der Waals surface area contributed by atoms with Crippen LogP contribution in [0.25, 0.3) is 11.1 Å². The molecule has 9 heteroatoms. The van der Waals surface area contributed by atoms with Crippen molar-refractivity contribution >= 4 is 27.6 Å². The van der Waals surface area contributed by atoms with Gasteiger partial charge < -0.3 is 0 Å². The molecule has 0 fully saturated rings. The molecule has 0 radical (unpaired) electrons. The first-order chi connectivity index (χ1) is 13.3. The summed E-state index contributed by atoms with van der Waals surface area (Å²) < 4.78 is 22.7. The minimum Gasteiger partial charge on any atom is -0.272 e. The Kier molecular flexibility index (Phi) is 5.48. The van der Waals surface area contributed by atoms with E-state index in [0.717, 1.165) is 22.8 Å². The van der Waals surface area contributed by atoms with Crippen molar-refractivity contribution in [3.05, 3.63) is 88.5 Å². The van der Waals surface area contributed by atoms with Crippen LogP contribution < -0.4 is 10.6 Å². The largest absolute Gasteiger partial charge is 0.295 e. The van der Waals surface area contributed by atoms with E-state index in [0.29, 0.717) is 0 Å². The highest BCUT2D eigenvalue weighted by molar-refractivity contribution is 7.89. The fourth-order valence-electron chi connectivity index (χ4n) is 2.50. The molecule has 0 bridgehead atoms. The van der Waals surface area contributed by atoms with Crippen LogP contribution in [0.5, 0.6) is 0 Å². The van der Waals surface area contributed by atoms with Crippen LogP contribution in [-0.2, 0) is 10.0 Å². The summed E-state index contributed by atoms with van der Waals surface area (Å²) in [7, 11) is -4.04. The van der Waals surface area contributed by atoms with Crippen LogP contribution >= 0.6 is 0 Å². The average Bonchev–Trinajstić information content (AvgIpc) is 2.68. The molecule has 3 aromatic rings. The lowest BCUT2D eigenvalue weighted by Crippen LogP contribution is -2.12. The minimum absolute atomic E-state index is 0.0505. The molecule has 0 saturated heterocycles. The number of hydrogen-bond donors (Lipinski definition) is 2. The molecule has 0 heterocycles. The van der Waals surface area contributed by atoms with E-state index in [9.17, 15) is 18.5 Å². The summed E-state index contributed by atoms with van der Waals surface area (Å²) in [5.41, 5.74) is 5.10. The molecule has 28 heavy (non-hydrogen) atoms. The number of nitro benzene ring substituents is 1. The van der Waals surface area contributed by atoms with E-state index >= 15 is 0 Å². The van der Waals surface area contributed by atoms with Crippen molar-refractivity contribution < 1.29 is 13.3 Å². The standard InChI is InChI=1S/C19H16N4O4S/c20-28(26,27)17-10-11-18(19(12-17)23(24)25)22-21-13-14-6-8-16(9-7-14)15-4-2-1-3-5-15/h1-13,22H,(H2,20,26,27).